The Morgan fingerprint density at radius 1 is 1.03 bits per heavy atom. The number of nitrogens with zero attached hydrogens (tertiary/aromatic N) is 1. The molecule has 37 heavy (non-hydrogen) atoms. The number of benzene rings is 3. The number of hydrogen-bond donors (Lipinski definition) is 3. The number of carboxylic acids is 1. The number of sulfonamides is 1. The molecule has 3 rings (SSSR count). The molecule has 3 aromatic rings. The van der Waals surface area contributed by atoms with Gasteiger partial charge in [0.2, 0.25) is 15.9 Å². The largest absolute Gasteiger partial charge is 0.493 e. The molecule has 0 unspecified atom stereocenters. The van der Waals surface area contributed by atoms with E-state index >= 15 is 0 Å². The number of carbonyl (C=O) groups is 2. The van der Waals surface area contributed by atoms with Crippen molar-refractivity contribution in [1.29, 1.82) is 0 Å². The first-order valence-electron chi connectivity index (χ1n) is 11.2. The van der Waals surface area contributed by atoms with Crippen molar-refractivity contribution >= 4 is 28.1 Å². The molecule has 0 saturated carbocycles. The summed E-state index contributed by atoms with van der Waals surface area (Å²) < 4.78 is 38.9. The molecule has 0 fully saturated rings. The summed E-state index contributed by atoms with van der Waals surface area (Å²) in [5.41, 5.74) is 4.51. The number of hydrogen-bond acceptors (Lipinski definition) is 7. The molecule has 1 amide bonds. The number of carboxylic acid groups (broad SMARTS) is 1. The van der Waals surface area contributed by atoms with E-state index in [2.05, 4.69) is 15.2 Å². The van der Waals surface area contributed by atoms with Crippen molar-refractivity contribution in [2.24, 2.45) is 5.10 Å². The highest BCUT2D eigenvalue weighted by Crippen LogP contribution is 2.27. The standard InChI is InChI=1S/C26H27N3O7S/c1-18-8-11-21(12-9-18)37(33,34)29-22(20-6-4-3-5-7-20)15-25(30)28-27-16-19-10-13-23(24(14-19)35-2)36-17-26(31)32/h3-14,16,22,29H,15,17H2,1-2H3,(H,28,30)(H,31,32)/b27-16-/t22-/m0/s1. The lowest BCUT2D eigenvalue weighted by Crippen LogP contribution is -2.32. The van der Waals surface area contributed by atoms with Gasteiger partial charge in [0.1, 0.15) is 0 Å². The highest BCUT2D eigenvalue weighted by Gasteiger charge is 2.23. The minimum atomic E-state index is -3.89. The van der Waals surface area contributed by atoms with Gasteiger partial charge in [-0.3, -0.25) is 4.79 Å². The van der Waals surface area contributed by atoms with Crippen molar-refractivity contribution in [2.75, 3.05) is 13.7 Å². The minimum Gasteiger partial charge on any atom is -0.493 e. The van der Waals surface area contributed by atoms with Crippen molar-refractivity contribution in [1.82, 2.24) is 10.1 Å². The predicted octanol–water partition coefficient (Wildman–Crippen LogP) is 3.03. The van der Waals surface area contributed by atoms with Crippen LogP contribution in [0, 0.1) is 6.92 Å². The predicted molar refractivity (Wildman–Crippen MR) is 137 cm³/mol. The Morgan fingerprint density at radius 2 is 1.73 bits per heavy atom. The first-order valence-corrected chi connectivity index (χ1v) is 12.6. The molecule has 0 saturated heterocycles. The molecule has 194 valence electrons. The second-order valence-electron chi connectivity index (χ2n) is 7.99. The third kappa shape index (κ3) is 8.16. The van der Waals surface area contributed by atoms with Gasteiger partial charge < -0.3 is 14.6 Å². The molecule has 0 bridgehead atoms. The van der Waals surface area contributed by atoms with Gasteiger partial charge in [0.25, 0.3) is 0 Å². The lowest BCUT2D eigenvalue weighted by molar-refractivity contribution is -0.139. The molecule has 0 radical (unpaired) electrons. The second-order valence-corrected chi connectivity index (χ2v) is 9.70. The molecule has 11 heteroatoms. The van der Waals surface area contributed by atoms with Gasteiger partial charge >= 0.3 is 5.97 Å². The number of rotatable bonds is 12. The first kappa shape index (κ1) is 27.4. The van der Waals surface area contributed by atoms with E-state index in [1.54, 1.807) is 54.6 Å². The first-order chi connectivity index (χ1) is 17.7. The van der Waals surface area contributed by atoms with E-state index in [0.29, 0.717) is 16.9 Å². The van der Waals surface area contributed by atoms with Crippen molar-refractivity contribution in [3.05, 3.63) is 89.5 Å². The average Bonchev–Trinajstić information content (AvgIpc) is 2.88. The Bertz CT molecular complexity index is 1360. The van der Waals surface area contributed by atoms with Crippen molar-refractivity contribution in [3.63, 3.8) is 0 Å². The van der Waals surface area contributed by atoms with Crippen LogP contribution in [0.2, 0.25) is 0 Å². The lowest BCUT2D eigenvalue weighted by atomic mass is 10.0. The summed E-state index contributed by atoms with van der Waals surface area (Å²) in [5, 5.41) is 12.7. The third-order valence-electron chi connectivity index (χ3n) is 5.16. The van der Waals surface area contributed by atoms with Crippen LogP contribution in [0.1, 0.15) is 29.2 Å². The molecule has 0 spiro atoms. The van der Waals surface area contributed by atoms with Gasteiger partial charge in [-0.1, -0.05) is 48.0 Å². The highest BCUT2D eigenvalue weighted by atomic mass is 32.2. The molecule has 10 nitrogen and oxygen atoms in total. The third-order valence-corrected chi connectivity index (χ3v) is 6.65. The van der Waals surface area contributed by atoms with E-state index in [0.717, 1.165) is 5.56 Å². The van der Waals surface area contributed by atoms with E-state index in [1.807, 2.05) is 6.92 Å². The maximum Gasteiger partial charge on any atom is 0.341 e. The minimum absolute atomic E-state index is 0.0992. The van der Waals surface area contributed by atoms with Gasteiger partial charge in [-0.25, -0.2) is 23.4 Å². The maximum absolute atomic E-state index is 13.0. The fraction of sp³-hybridized carbons (Fsp3) is 0.192. The van der Waals surface area contributed by atoms with E-state index in [-0.39, 0.29) is 17.1 Å². The zero-order valence-electron chi connectivity index (χ0n) is 20.2. The van der Waals surface area contributed by atoms with Gasteiger partial charge in [0.15, 0.2) is 18.1 Å². The summed E-state index contributed by atoms with van der Waals surface area (Å²) in [6.07, 6.45) is 1.17. The number of hydrazone groups is 1. The number of methoxy groups -OCH3 is 1. The van der Waals surface area contributed by atoms with Gasteiger partial charge in [-0.15, -0.1) is 0 Å². The van der Waals surface area contributed by atoms with Crippen LogP contribution in [0.25, 0.3) is 0 Å². The Kier molecular flexibility index (Phi) is 9.36. The molecule has 3 N–H and O–H groups in total. The number of ether oxygens (including phenoxy) is 2. The van der Waals surface area contributed by atoms with Crippen LogP contribution in [0.4, 0.5) is 0 Å². The topological polar surface area (TPSA) is 143 Å². The summed E-state index contributed by atoms with van der Waals surface area (Å²) in [4.78, 5) is 23.5. The zero-order valence-corrected chi connectivity index (χ0v) is 21.1. The van der Waals surface area contributed by atoms with Crippen LogP contribution in [-0.4, -0.2) is 45.3 Å². The van der Waals surface area contributed by atoms with Crippen LogP contribution in [0.5, 0.6) is 11.5 Å². The molecule has 0 aliphatic rings. The molecule has 3 aromatic carbocycles. The molecular weight excluding hydrogens is 498 g/mol. The van der Waals surface area contributed by atoms with E-state index in [9.17, 15) is 18.0 Å². The number of amides is 1. The number of aliphatic carboxylic acids is 1. The summed E-state index contributed by atoms with van der Waals surface area (Å²) in [6, 6.07) is 19.1. The average molecular weight is 526 g/mol. The van der Waals surface area contributed by atoms with Crippen molar-refractivity contribution < 1.29 is 32.6 Å². The summed E-state index contributed by atoms with van der Waals surface area (Å²) in [5.74, 6) is -1.08. The SMILES string of the molecule is COc1cc(/C=N\NC(=O)C[C@H](NS(=O)(=O)c2ccc(C)cc2)c2ccccc2)ccc1OCC(=O)O. The fourth-order valence-electron chi connectivity index (χ4n) is 3.32. The Morgan fingerprint density at radius 3 is 2.38 bits per heavy atom. The zero-order chi connectivity index (χ0) is 26.8. The van der Waals surface area contributed by atoms with Gasteiger partial charge in [-0.2, -0.15) is 5.10 Å². The lowest BCUT2D eigenvalue weighted by Gasteiger charge is -2.18. The van der Waals surface area contributed by atoms with Crippen LogP contribution in [0.15, 0.2) is 82.8 Å². The normalized spacial score (nSPS) is 12.2. The molecule has 0 aliphatic carbocycles. The van der Waals surface area contributed by atoms with Crippen LogP contribution in [-0.2, 0) is 19.6 Å². The Balaban J connectivity index is 1.69. The van der Waals surface area contributed by atoms with Gasteiger partial charge in [0.05, 0.1) is 24.3 Å². The van der Waals surface area contributed by atoms with E-state index in [1.165, 1.54) is 31.5 Å². The van der Waals surface area contributed by atoms with Crippen molar-refractivity contribution in [2.45, 2.75) is 24.3 Å². The molecule has 0 aromatic heterocycles. The van der Waals surface area contributed by atoms with Gasteiger partial charge in [0, 0.05) is 6.42 Å². The molecule has 0 heterocycles. The maximum atomic E-state index is 13.0. The number of carbonyl (C=O) groups excluding carboxylic acids is 1. The van der Waals surface area contributed by atoms with Gasteiger partial charge in [-0.05, 0) is 48.4 Å². The quantitative estimate of drug-likeness (QED) is 0.244. The summed E-state index contributed by atoms with van der Waals surface area (Å²) >= 11 is 0. The summed E-state index contributed by atoms with van der Waals surface area (Å²) in [6.45, 7) is 1.34. The smallest absolute Gasteiger partial charge is 0.341 e. The Hall–Kier alpha value is -4.22. The highest BCUT2D eigenvalue weighted by molar-refractivity contribution is 7.89. The van der Waals surface area contributed by atoms with Crippen LogP contribution >= 0.6 is 0 Å². The molecular formula is C26H27N3O7S. The monoisotopic (exact) mass is 525 g/mol. The summed E-state index contributed by atoms with van der Waals surface area (Å²) in [7, 11) is -2.48. The molecule has 0 aliphatic heterocycles. The number of aryl methyl sites for hydroxylation is 1. The van der Waals surface area contributed by atoms with E-state index < -0.39 is 34.5 Å². The van der Waals surface area contributed by atoms with Crippen LogP contribution < -0.4 is 19.6 Å². The fourth-order valence-corrected chi connectivity index (χ4v) is 4.54. The number of nitrogens with one attached hydrogen (secondary N) is 2. The van der Waals surface area contributed by atoms with Crippen LogP contribution in [0.3, 0.4) is 0 Å². The van der Waals surface area contributed by atoms with Crippen molar-refractivity contribution in [3.8, 4) is 11.5 Å². The molecule has 1 atom stereocenters. The second kappa shape index (κ2) is 12.7. The van der Waals surface area contributed by atoms with E-state index in [4.69, 9.17) is 14.6 Å². The Labute approximate surface area is 215 Å².